The van der Waals surface area contributed by atoms with Crippen molar-refractivity contribution in [1.82, 2.24) is 9.88 Å². The third kappa shape index (κ3) is 4.16. The second-order valence-corrected chi connectivity index (χ2v) is 3.29. The van der Waals surface area contributed by atoms with Crippen LogP contribution in [0.4, 0.5) is 5.82 Å². The molecule has 1 aromatic heterocycles. The van der Waals surface area contributed by atoms with Crippen molar-refractivity contribution in [3.63, 3.8) is 0 Å². The molecule has 0 aliphatic carbocycles. The van der Waals surface area contributed by atoms with E-state index >= 15 is 0 Å². The summed E-state index contributed by atoms with van der Waals surface area (Å²) in [6, 6.07) is 3.58. The van der Waals surface area contributed by atoms with E-state index in [1.54, 1.807) is 12.3 Å². The van der Waals surface area contributed by atoms with E-state index in [-0.39, 0.29) is 0 Å². The van der Waals surface area contributed by atoms with Crippen LogP contribution >= 0.6 is 0 Å². The minimum atomic E-state index is 0.520. The number of ether oxygens (including phenoxy) is 1. The van der Waals surface area contributed by atoms with Crippen molar-refractivity contribution >= 4 is 5.82 Å². The third-order valence-electron chi connectivity index (χ3n) is 2.33. The van der Waals surface area contributed by atoms with Crippen molar-refractivity contribution in [2.75, 3.05) is 32.0 Å². The number of hydrogen-bond donors (Lipinski definition) is 1. The van der Waals surface area contributed by atoms with Crippen LogP contribution in [0.15, 0.2) is 18.3 Å². The van der Waals surface area contributed by atoms with E-state index in [0.717, 1.165) is 25.4 Å². The topological polar surface area (TPSA) is 51.4 Å². The molecule has 4 nitrogen and oxygen atoms in total. The Morgan fingerprint density at radius 2 is 2.07 bits per heavy atom. The van der Waals surface area contributed by atoms with Crippen LogP contribution < -0.4 is 10.5 Å². The van der Waals surface area contributed by atoms with Gasteiger partial charge < -0.3 is 15.4 Å². The van der Waals surface area contributed by atoms with Crippen LogP contribution in [0.1, 0.15) is 13.8 Å². The molecule has 0 saturated carbocycles. The monoisotopic (exact) mass is 209 g/mol. The lowest BCUT2D eigenvalue weighted by atomic mass is 10.4. The number of nitrogens with zero attached hydrogens (tertiary/aromatic N) is 2. The van der Waals surface area contributed by atoms with Crippen LogP contribution in [0.3, 0.4) is 0 Å². The van der Waals surface area contributed by atoms with Gasteiger partial charge in [0.2, 0.25) is 0 Å². The number of aromatic nitrogens is 1. The van der Waals surface area contributed by atoms with Gasteiger partial charge in [0.05, 0.1) is 6.20 Å². The van der Waals surface area contributed by atoms with Gasteiger partial charge >= 0.3 is 0 Å². The highest BCUT2D eigenvalue weighted by Gasteiger charge is 1.99. The van der Waals surface area contributed by atoms with Crippen molar-refractivity contribution in [3.8, 4) is 5.75 Å². The van der Waals surface area contributed by atoms with Gasteiger partial charge in [-0.3, -0.25) is 0 Å². The molecule has 4 heteroatoms. The highest BCUT2D eigenvalue weighted by Crippen LogP contribution is 2.09. The summed E-state index contributed by atoms with van der Waals surface area (Å²) in [6.07, 6.45) is 1.65. The third-order valence-corrected chi connectivity index (χ3v) is 2.33. The first kappa shape index (κ1) is 11.8. The molecule has 0 aromatic carbocycles. The number of likely N-dealkylation sites (N-methyl/N-ethyl adjacent to an activating group) is 1. The van der Waals surface area contributed by atoms with E-state index in [1.165, 1.54) is 0 Å². The molecule has 84 valence electrons. The molecule has 1 aromatic rings. The number of nitrogen functional groups attached to an aromatic ring is 1. The molecule has 15 heavy (non-hydrogen) atoms. The van der Waals surface area contributed by atoms with Gasteiger partial charge in [-0.25, -0.2) is 4.98 Å². The highest BCUT2D eigenvalue weighted by molar-refractivity contribution is 5.31. The lowest BCUT2D eigenvalue weighted by molar-refractivity contribution is 0.222. The molecular formula is C11H19N3O. The molecule has 1 rings (SSSR count). The summed E-state index contributed by atoms with van der Waals surface area (Å²) >= 11 is 0. The fourth-order valence-electron chi connectivity index (χ4n) is 1.31. The van der Waals surface area contributed by atoms with Crippen molar-refractivity contribution in [3.05, 3.63) is 18.3 Å². The molecule has 0 bridgehead atoms. The molecule has 0 spiro atoms. The summed E-state index contributed by atoms with van der Waals surface area (Å²) in [5.74, 6) is 1.29. The normalized spacial score (nSPS) is 10.6. The summed E-state index contributed by atoms with van der Waals surface area (Å²) in [6.45, 7) is 8.03. The Hall–Kier alpha value is -1.29. The number of anilines is 1. The van der Waals surface area contributed by atoms with Gasteiger partial charge in [0, 0.05) is 6.54 Å². The average molecular weight is 209 g/mol. The Balaban J connectivity index is 2.28. The van der Waals surface area contributed by atoms with Gasteiger partial charge in [-0.1, -0.05) is 13.8 Å². The smallest absolute Gasteiger partial charge is 0.137 e. The van der Waals surface area contributed by atoms with Crippen molar-refractivity contribution in [2.24, 2.45) is 0 Å². The van der Waals surface area contributed by atoms with Crippen molar-refractivity contribution in [1.29, 1.82) is 0 Å². The number of nitrogens with two attached hydrogens (primary N) is 1. The molecule has 0 amide bonds. The zero-order chi connectivity index (χ0) is 11.1. The first-order chi connectivity index (χ1) is 7.26. The molecule has 0 saturated heterocycles. The first-order valence-electron chi connectivity index (χ1n) is 5.33. The standard InChI is InChI=1S/C11H19N3O/c1-3-14(4-2)7-8-15-10-5-6-11(12)13-9-10/h5-6,9H,3-4,7-8H2,1-2H3,(H2,12,13). The molecule has 0 fully saturated rings. The van der Waals surface area contributed by atoms with Crippen LogP contribution in [-0.4, -0.2) is 36.1 Å². The molecule has 0 radical (unpaired) electrons. The van der Waals surface area contributed by atoms with E-state index in [9.17, 15) is 0 Å². The number of rotatable bonds is 6. The minimum absolute atomic E-state index is 0.520. The summed E-state index contributed by atoms with van der Waals surface area (Å²) in [7, 11) is 0. The zero-order valence-electron chi connectivity index (χ0n) is 9.44. The quantitative estimate of drug-likeness (QED) is 0.769. The van der Waals surface area contributed by atoms with Gasteiger partial charge in [-0.2, -0.15) is 0 Å². The lowest BCUT2D eigenvalue weighted by Crippen LogP contribution is -2.27. The average Bonchev–Trinajstić information content (AvgIpc) is 2.27. The van der Waals surface area contributed by atoms with E-state index in [0.29, 0.717) is 12.4 Å². The summed E-state index contributed by atoms with van der Waals surface area (Å²) in [5, 5.41) is 0. The molecule has 0 unspecified atom stereocenters. The Morgan fingerprint density at radius 1 is 1.33 bits per heavy atom. The molecule has 2 N–H and O–H groups in total. The predicted octanol–water partition coefficient (Wildman–Crippen LogP) is 1.38. The predicted molar refractivity (Wildman–Crippen MR) is 61.9 cm³/mol. The molecular weight excluding hydrogens is 190 g/mol. The van der Waals surface area contributed by atoms with E-state index in [4.69, 9.17) is 10.5 Å². The second-order valence-electron chi connectivity index (χ2n) is 3.29. The maximum Gasteiger partial charge on any atom is 0.137 e. The highest BCUT2D eigenvalue weighted by atomic mass is 16.5. The molecule has 1 heterocycles. The van der Waals surface area contributed by atoms with E-state index in [2.05, 4.69) is 23.7 Å². The van der Waals surface area contributed by atoms with Crippen LogP contribution in [0.2, 0.25) is 0 Å². The molecule has 0 aliphatic rings. The SMILES string of the molecule is CCN(CC)CCOc1ccc(N)nc1. The molecule has 0 atom stereocenters. The Kier molecular flexibility index (Phi) is 4.90. The first-order valence-corrected chi connectivity index (χ1v) is 5.33. The maximum absolute atomic E-state index is 5.54. The molecule has 0 aliphatic heterocycles. The summed E-state index contributed by atoms with van der Waals surface area (Å²) in [5.41, 5.74) is 5.47. The fraction of sp³-hybridized carbons (Fsp3) is 0.545. The minimum Gasteiger partial charge on any atom is -0.491 e. The van der Waals surface area contributed by atoms with Crippen LogP contribution in [0, 0.1) is 0 Å². The van der Waals surface area contributed by atoms with Gasteiger partial charge in [-0.15, -0.1) is 0 Å². The van der Waals surface area contributed by atoms with Gasteiger partial charge in [-0.05, 0) is 25.2 Å². The van der Waals surface area contributed by atoms with Gasteiger partial charge in [0.1, 0.15) is 18.2 Å². The fourth-order valence-corrected chi connectivity index (χ4v) is 1.31. The van der Waals surface area contributed by atoms with Gasteiger partial charge in [0.25, 0.3) is 0 Å². The van der Waals surface area contributed by atoms with E-state index in [1.807, 2.05) is 6.07 Å². The lowest BCUT2D eigenvalue weighted by Gasteiger charge is -2.17. The number of pyridine rings is 1. The zero-order valence-corrected chi connectivity index (χ0v) is 9.44. The maximum atomic E-state index is 5.54. The second kappa shape index (κ2) is 6.24. The van der Waals surface area contributed by atoms with Crippen LogP contribution in [0.5, 0.6) is 5.75 Å². The Morgan fingerprint density at radius 3 is 2.60 bits per heavy atom. The van der Waals surface area contributed by atoms with Crippen LogP contribution in [-0.2, 0) is 0 Å². The van der Waals surface area contributed by atoms with Crippen LogP contribution in [0.25, 0.3) is 0 Å². The van der Waals surface area contributed by atoms with Crippen molar-refractivity contribution < 1.29 is 4.74 Å². The summed E-state index contributed by atoms with van der Waals surface area (Å²) in [4.78, 5) is 6.27. The van der Waals surface area contributed by atoms with Gasteiger partial charge in [0.15, 0.2) is 0 Å². The van der Waals surface area contributed by atoms with Crippen molar-refractivity contribution in [2.45, 2.75) is 13.8 Å². The summed E-state index contributed by atoms with van der Waals surface area (Å²) < 4.78 is 5.54. The Bertz CT molecular complexity index is 270. The largest absolute Gasteiger partial charge is 0.491 e. The Labute approximate surface area is 91.1 Å². The van der Waals surface area contributed by atoms with E-state index < -0.39 is 0 Å². The number of hydrogen-bond acceptors (Lipinski definition) is 4.